The van der Waals surface area contributed by atoms with E-state index in [0.29, 0.717) is 10.9 Å². The third kappa shape index (κ3) is 5.01. The van der Waals surface area contributed by atoms with Crippen molar-refractivity contribution in [1.29, 1.82) is 0 Å². The zero-order valence-electron chi connectivity index (χ0n) is 14.8. The summed E-state index contributed by atoms with van der Waals surface area (Å²) in [4.78, 5) is 4.39. The van der Waals surface area contributed by atoms with Gasteiger partial charge in [0, 0.05) is 40.9 Å². The van der Waals surface area contributed by atoms with E-state index in [-0.39, 0.29) is 5.41 Å². The normalized spacial score (nSPS) is 16.0. The number of nitrogens with one attached hydrogen (secondary N) is 2. The highest BCUT2D eigenvalue weighted by molar-refractivity contribution is 9.11. The van der Waals surface area contributed by atoms with Crippen molar-refractivity contribution in [3.05, 3.63) is 55.6 Å². The van der Waals surface area contributed by atoms with Gasteiger partial charge in [-0.3, -0.25) is 0 Å². The van der Waals surface area contributed by atoms with Crippen molar-refractivity contribution >= 4 is 66.6 Å². The quantitative estimate of drug-likeness (QED) is 0.501. The molecule has 27 heavy (non-hydrogen) atoms. The van der Waals surface area contributed by atoms with Crippen molar-refractivity contribution < 1.29 is 4.74 Å². The number of anilines is 1. The lowest BCUT2D eigenvalue weighted by molar-refractivity contribution is 0.0515. The van der Waals surface area contributed by atoms with Gasteiger partial charge in [-0.25, -0.2) is 4.98 Å². The Hall–Kier alpha value is -0.730. The number of thiocarbonyl (C=S) groups is 1. The molecule has 0 bridgehead atoms. The second-order valence-corrected chi connectivity index (χ2v) is 9.09. The van der Waals surface area contributed by atoms with E-state index >= 15 is 0 Å². The molecule has 0 unspecified atom stereocenters. The molecule has 1 aliphatic heterocycles. The number of nitrogens with zero attached hydrogens (tertiary/aromatic N) is 1. The predicted molar refractivity (Wildman–Crippen MR) is 122 cm³/mol. The minimum atomic E-state index is -0.0329. The zero-order valence-corrected chi connectivity index (χ0v) is 19.6. The van der Waals surface area contributed by atoms with Gasteiger partial charge in [-0.15, -0.1) is 0 Å². The molecule has 0 aliphatic carbocycles. The molecule has 0 spiro atoms. The standard InChI is InChI=1S/C19H20Br2ClN3OS/c1-12-15(20)10-23-17(16(12)21)25-18(27)24-11-19(6-8-26-9-7-19)13-2-4-14(22)5-3-13/h2-5,10H,6-9,11H2,1H3,(H2,23,24,25,27). The van der Waals surface area contributed by atoms with Crippen LogP contribution in [-0.2, 0) is 10.2 Å². The van der Waals surface area contributed by atoms with Crippen LogP contribution in [0.5, 0.6) is 0 Å². The predicted octanol–water partition coefficient (Wildman–Crippen LogP) is 5.60. The SMILES string of the molecule is Cc1c(Br)cnc(NC(=S)NCC2(c3ccc(Cl)cc3)CCOCC2)c1Br. The summed E-state index contributed by atoms with van der Waals surface area (Å²) in [5.41, 5.74) is 2.29. The summed E-state index contributed by atoms with van der Waals surface area (Å²) in [6, 6.07) is 8.08. The third-order valence-corrected chi connectivity index (χ3v) is 7.20. The molecule has 0 radical (unpaired) electrons. The van der Waals surface area contributed by atoms with E-state index in [4.69, 9.17) is 28.6 Å². The van der Waals surface area contributed by atoms with Gasteiger partial charge in [0.15, 0.2) is 5.11 Å². The van der Waals surface area contributed by atoms with Crippen molar-refractivity contribution in [3.63, 3.8) is 0 Å². The molecule has 1 aromatic carbocycles. The van der Waals surface area contributed by atoms with Gasteiger partial charge in [0.25, 0.3) is 0 Å². The molecule has 1 aliphatic rings. The van der Waals surface area contributed by atoms with Gasteiger partial charge < -0.3 is 15.4 Å². The highest BCUT2D eigenvalue weighted by Crippen LogP contribution is 2.35. The van der Waals surface area contributed by atoms with Gasteiger partial charge in [-0.05, 0) is 87.1 Å². The van der Waals surface area contributed by atoms with Gasteiger partial charge in [-0.2, -0.15) is 0 Å². The van der Waals surface area contributed by atoms with Gasteiger partial charge in [0.2, 0.25) is 0 Å². The van der Waals surface area contributed by atoms with Gasteiger partial charge in [-0.1, -0.05) is 23.7 Å². The Balaban J connectivity index is 1.71. The van der Waals surface area contributed by atoms with E-state index in [1.165, 1.54) is 5.56 Å². The van der Waals surface area contributed by atoms with E-state index < -0.39 is 0 Å². The Bertz CT molecular complexity index is 826. The molecule has 4 nitrogen and oxygen atoms in total. The molecule has 1 saturated heterocycles. The van der Waals surface area contributed by atoms with Crippen molar-refractivity contribution in [3.8, 4) is 0 Å². The summed E-state index contributed by atoms with van der Waals surface area (Å²) < 4.78 is 7.42. The van der Waals surface area contributed by atoms with Crippen LogP contribution in [0.2, 0.25) is 5.02 Å². The Morgan fingerprint density at radius 1 is 1.26 bits per heavy atom. The average Bonchev–Trinajstić information content (AvgIpc) is 2.68. The van der Waals surface area contributed by atoms with Crippen molar-refractivity contribution in [2.45, 2.75) is 25.2 Å². The van der Waals surface area contributed by atoms with E-state index in [0.717, 1.165) is 52.1 Å². The maximum Gasteiger partial charge on any atom is 0.172 e. The van der Waals surface area contributed by atoms with Crippen LogP contribution in [0.3, 0.4) is 0 Å². The third-order valence-electron chi connectivity index (χ3n) is 4.93. The lowest BCUT2D eigenvalue weighted by Crippen LogP contribution is -2.45. The van der Waals surface area contributed by atoms with Crippen molar-refractivity contribution in [2.75, 3.05) is 25.1 Å². The fourth-order valence-electron chi connectivity index (χ4n) is 3.18. The van der Waals surface area contributed by atoms with E-state index in [1.54, 1.807) is 6.20 Å². The van der Waals surface area contributed by atoms with Crippen LogP contribution in [0.15, 0.2) is 39.4 Å². The maximum atomic E-state index is 6.07. The lowest BCUT2D eigenvalue weighted by atomic mass is 9.74. The second kappa shape index (κ2) is 9.18. The van der Waals surface area contributed by atoms with Crippen LogP contribution in [0.1, 0.15) is 24.0 Å². The van der Waals surface area contributed by atoms with Gasteiger partial charge in [0.1, 0.15) is 5.82 Å². The molecule has 2 aromatic rings. The summed E-state index contributed by atoms with van der Waals surface area (Å²) in [6.45, 7) is 4.21. The lowest BCUT2D eigenvalue weighted by Gasteiger charge is -2.38. The Morgan fingerprint density at radius 3 is 2.59 bits per heavy atom. The smallest absolute Gasteiger partial charge is 0.172 e. The largest absolute Gasteiger partial charge is 0.381 e. The van der Waals surface area contributed by atoms with Crippen LogP contribution in [0, 0.1) is 6.92 Å². The average molecular weight is 534 g/mol. The highest BCUT2D eigenvalue weighted by atomic mass is 79.9. The maximum absolute atomic E-state index is 6.07. The number of hydrogen-bond donors (Lipinski definition) is 2. The topological polar surface area (TPSA) is 46.2 Å². The first-order valence-corrected chi connectivity index (χ1v) is 11.0. The molecular weight excluding hydrogens is 514 g/mol. The molecule has 1 fully saturated rings. The minimum absolute atomic E-state index is 0.0329. The summed E-state index contributed by atoms with van der Waals surface area (Å²) >= 11 is 18.6. The fourth-order valence-corrected chi connectivity index (χ4v) is 4.46. The Kier molecular flexibility index (Phi) is 7.14. The number of aromatic nitrogens is 1. The summed E-state index contributed by atoms with van der Waals surface area (Å²) in [5.74, 6) is 0.695. The first-order valence-electron chi connectivity index (χ1n) is 8.60. The first kappa shape index (κ1) is 21.0. The van der Waals surface area contributed by atoms with Crippen LogP contribution in [0.4, 0.5) is 5.82 Å². The molecule has 0 amide bonds. The Morgan fingerprint density at radius 2 is 1.93 bits per heavy atom. The molecule has 8 heteroatoms. The van der Waals surface area contributed by atoms with Crippen LogP contribution < -0.4 is 10.6 Å². The van der Waals surface area contributed by atoms with Crippen LogP contribution >= 0.6 is 55.7 Å². The number of halogens is 3. The zero-order chi connectivity index (χ0) is 19.4. The number of pyridine rings is 1. The molecule has 2 N–H and O–H groups in total. The highest BCUT2D eigenvalue weighted by Gasteiger charge is 2.34. The Labute approximate surface area is 186 Å². The minimum Gasteiger partial charge on any atom is -0.381 e. The van der Waals surface area contributed by atoms with Gasteiger partial charge in [0.05, 0.1) is 4.47 Å². The second-order valence-electron chi connectivity index (χ2n) is 6.60. The van der Waals surface area contributed by atoms with Crippen LogP contribution in [-0.4, -0.2) is 29.9 Å². The monoisotopic (exact) mass is 531 g/mol. The molecule has 0 atom stereocenters. The van der Waals surface area contributed by atoms with Crippen molar-refractivity contribution in [1.82, 2.24) is 10.3 Å². The molecule has 1 aromatic heterocycles. The molecular formula is C19H20Br2ClN3OS. The van der Waals surface area contributed by atoms with E-state index in [2.05, 4.69) is 59.6 Å². The van der Waals surface area contributed by atoms with Crippen molar-refractivity contribution in [2.24, 2.45) is 0 Å². The molecule has 3 rings (SSSR count). The molecule has 0 saturated carbocycles. The molecule has 144 valence electrons. The summed E-state index contributed by atoms with van der Waals surface area (Å²) in [7, 11) is 0. The van der Waals surface area contributed by atoms with E-state index in [1.807, 2.05) is 19.1 Å². The molecule has 2 heterocycles. The number of hydrogen-bond acceptors (Lipinski definition) is 3. The van der Waals surface area contributed by atoms with E-state index in [9.17, 15) is 0 Å². The fraction of sp³-hybridized carbons (Fsp3) is 0.368. The number of benzene rings is 1. The van der Waals surface area contributed by atoms with Crippen LogP contribution in [0.25, 0.3) is 0 Å². The number of rotatable bonds is 4. The first-order chi connectivity index (χ1) is 12.9. The van der Waals surface area contributed by atoms with Gasteiger partial charge >= 0.3 is 0 Å². The summed E-state index contributed by atoms with van der Waals surface area (Å²) in [6.07, 6.45) is 3.63. The summed E-state index contributed by atoms with van der Waals surface area (Å²) in [5, 5.41) is 7.85. The number of ether oxygens (including phenoxy) is 1.